The molecule has 30 heteroatoms. The second-order valence-electron chi connectivity index (χ2n) is 37.7. The van der Waals surface area contributed by atoms with Crippen molar-refractivity contribution in [3.05, 3.63) is 440 Å². The lowest BCUT2D eigenvalue weighted by molar-refractivity contribution is -0.377. The topological polar surface area (TPSA) is 335 Å². The lowest BCUT2D eigenvalue weighted by atomic mass is 9.91. The van der Waals surface area contributed by atoms with Gasteiger partial charge in [-0.3, -0.25) is 48.3 Å². The van der Waals surface area contributed by atoms with Crippen LogP contribution in [0.1, 0.15) is 133 Å². The molecule has 7 heterocycles. The number of carbonyl (C=O) groups excluding carboxylic acids is 7. The fraction of sp³-hybridized carbons (Fsp3) is 0.319. The van der Waals surface area contributed by atoms with Gasteiger partial charge in [0.1, 0.15) is 104 Å². The van der Waals surface area contributed by atoms with Crippen LogP contribution in [0.3, 0.4) is 0 Å². The molecular weight excluding hydrogens is 1860 g/mol. The van der Waals surface area contributed by atoms with Gasteiger partial charge in [0, 0.05) is 4.91 Å². The Labute approximate surface area is 845 Å². The highest BCUT2D eigenvalue weighted by Crippen LogP contribution is 2.46. The third-order valence-corrected chi connectivity index (χ3v) is 26.7. The molecule has 0 spiro atoms. The van der Waals surface area contributed by atoms with Gasteiger partial charge in [-0.1, -0.05) is 314 Å². The van der Waals surface area contributed by atoms with Crippen molar-refractivity contribution in [1.82, 2.24) is 14.7 Å². The maximum Gasteiger partial charge on any atom is 0.311 e. The van der Waals surface area contributed by atoms with E-state index in [1.807, 2.05) is 261 Å². The molecule has 7 aliphatic heterocycles. The predicted octanol–water partition coefficient (Wildman–Crippen LogP) is 17.1. The van der Waals surface area contributed by atoms with E-state index in [0.717, 1.165) is 37.0 Å². The zero-order valence-electron chi connectivity index (χ0n) is 80.6. The summed E-state index contributed by atoms with van der Waals surface area (Å²) >= 11 is 0. The fourth-order valence-electron chi connectivity index (χ4n) is 19.5. The third-order valence-electron chi connectivity index (χ3n) is 26.7. The van der Waals surface area contributed by atoms with Gasteiger partial charge in [-0.2, -0.15) is 0 Å². The first-order valence-electron chi connectivity index (χ1n) is 49.0. The van der Waals surface area contributed by atoms with Crippen LogP contribution in [0.4, 0.5) is 0 Å². The number of fused-ring (bicyclic) bond motifs is 3. The molecular formula is C116H112N6O24. The first kappa shape index (κ1) is 101. The van der Waals surface area contributed by atoms with Crippen molar-refractivity contribution >= 4 is 41.4 Å². The molecule has 0 aliphatic carbocycles. The van der Waals surface area contributed by atoms with E-state index in [1.54, 1.807) is 69.3 Å². The SMILES string of the molecule is CC(C)(C)C(=O)OC[C@H]1O[C@@H](OCc2ccccc2)[C@H](N2C(=O)c3ccccc3C2=O)[C@@H](OCc2ccccc2)[C@@H]1O[C@@H]1O[C@H](COCc2ccccc2)[C@@H](O[C@@H]2O[C@H](COCc3ccccc3)[C@@H](O[C@@H]3O[C@H](COCc4ccccc4)[C@@H](OCc4ccccc4)[C@H](OCc4ccccc4)[C@H]3N=[N+]=[N-])[C@H](OCc3ccccc3)[C@H]2N2C(=O)c3ccccc3C2=O)[C@H](OCc2ccccc2)[C@H]1N1C(=O)c2ccccc2C1=O. The van der Waals surface area contributed by atoms with Crippen molar-refractivity contribution in [2.75, 3.05) is 26.4 Å². The number of hydrogen-bond acceptors (Lipinski definition) is 25. The second-order valence-corrected chi connectivity index (χ2v) is 37.7. The van der Waals surface area contributed by atoms with Crippen molar-refractivity contribution in [1.29, 1.82) is 0 Å². The van der Waals surface area contributed by atoms with Crippen LogP contribution < -0.4 is 0 Å². The number of imide groups is 3. The van der Waals surface area contributed by atoms with Crippen LogP contribution in [0.5, 0.6) is 0 Å². The predicted molar refractivity (Wildman–Crippen MR) is 529 cm³/mol. The van der Waals surface area contributed by atoms with Crippen molar-refractivity contribution in [2.45, 2.75) is 203 Å². The summed E-state index contributed by atoms with van der Waals surface area (Å²) in [6.45, 7) is 2.25. The lowest BCUT2D eigenvalue weighted by Gasteiger charge is -2.54. The highest BCUT2D eigenvalue weighted by Gasteiger charge is 2.64. The van der Waals surface area contributed by atoms with Crippen LogP contribution in [0, 0.1) is 5.41 Å². The lowest BCUT2D eigenvalue weighted by Crippen LogP contribution is -2.73. The summed E-state index contributed by atoms with van der Waals surface area (Å²) < 4.78 is 125. The van der Waals surface area contributed by atoms with Crippen LogP contribution in [-0.2, 0) is 145 Å². The third kappa shape index (κ3) is 23.3. The average Bonchev–Trinajstić information content (AvgIpc) is 1.52. The summed E-state index contributed by atoms with van der Waals surface area (Å²) in [5.41, 5.74) is 16.4. The monoisotopic (exact) mass is 1970 g/mol. The Morgan fingerprint density at radius 1 is 0.274 bits per heavy atom. The number of carbonyl (C=O) groups is 7. The minimum atomic E-state index is -2.04. The zero-order valence-corrected chi connectivity index (χ0v) is 80.6. The standard InChI is InChI=1S/C116H112N6O24/c1-116(2,3)115(129)139-73-92-100(102(135-66-79-47-23-9-24-48-79)94(112(141-92)138-69-82-53-29-12-30-54-82)120-105(123)83-55-31-32-56-84(83)106(120)124)146-114-96(122-109(127)87-59-35-36-60-88(87)110(122)128)104(137-68-81-51-27-11-28-52-81)99(91(143-114)72-132-63-76-41-17-6-18-42-76)145-113-95(121-107(125)85-57-33-34-58-86(85)108(121)126)103(136-67-80-49-25-10-26-50-80)98(90(142-113)71-131-62-75-39-15-5-16-40-75)144-111-93(118-119-117)101(134-65-78-45-21-8-22-46-78)97(133-64-77-43-19-7-20-44-77)89(140-111)70-130-61-74-37-13-4-14-38-74/h4-60,89-104,111-114H,61-73H2,1-3H3/t89-,90-,91-,92-,93-,94-,95-,96-,97-,98-,99-,100-,101-,102-,103-,104-,111+,112-,113+,114+/m1/s1. The van der Waals surface area contributed by atoms with E-state index in [9.17, 15) is 10.3 Å². The van der Waals surface area contributed by atoms with E-state index >= 15 is 28.8 Å². The van der Waals surface area contributed by atoms with E-state index in [-0.39, 0.29) is 99.4 Å². The maximum atomic E-state index is 16.5. The van der Waals surface area contributed by atoms with Gasteiger partial charge in [-0.15, -0.1) is 0 Å². The molecule has 750 valence electrons. The number of azide groups is 1. The summed E-state index contributed by atoms with van der Waals surface area (Å²) in [5.74, 6) is -5.54. The molecule has 0 saturated carbocycles. The molecule has 0 aromatic heterocycles. The maximum absolute atomic E-state index is 16.5. The highest BCUT2D eigenvalue weighted by molar-refractivity contribution is 6.23. The van der Waals surface area contributed by atoms with Crippen molar-refractivity contribution in [3.8, 4) is 0 Å². The van der Waals surface area contributed by atoms with E-state index in [4.69, 9.17) is 80.5 Å². The molecule has 20 atom stereocenters. The zero-order chi connectivity index (χ0) is 100. The van der Waals surface area contributed by atoms with Crippen molar-refractivity contribution < 1.29 is 114 Å². The van der Waals surface area contributed by atoms with Gasteiger partial charge in [-0.25, -0.2) is 0 Å². The Balaban J connectivity index is 0.797. The molecule has 146 heavy (non-hydrogen) atoms. The molecule has 0 bridgehead atoms. The van der Waals surface area contributed by atoms with E-state index in [1.165, 1.54) is 36.4 Å². The van der Waals surface area contributed by atoms with E-state index in [0.29, 0.717) is 27.8 Å². The minimum absolute atomic E-state index is 0.00680. The normalized spacial score (nSPS) is 25.5. The molecule has 0 N–H and O–H groups in total. The van der Waals surface area contributed by atoms with Gasteiger partial charge in [0.05, 0.1) is 118 Å². The summed E-state index contributed by atoms with van der Waals surface area (Å²) in [5, 5.41) is 4.55. The fourth-order valence-corrected chi connectivity index (χ4v) is 19.5. The first-order chi connectivity index (χ1) is 71.5. The van der Waals surface area contributed by atoms with Crippen LogP contribution >= 0.6 is 0 Å². The minimum Gasteiger partial charge on any atom is -0.462 e. The molecule has 7 aliphatic rings. The summed E-state index contributed by atoms with van der Waals surface area (Å²) in [4.78, 5) is 119. The van der Waals surface area contributed by atoms with Gasteiger partial charge >= 0.3 is 5.97 Å². The molecule has 4 fully saturated rings. The van der Waals surface area contributed by atoms with Gasteiger partial charge < -0.3 is 80.5 Å². The van der Waals surface area contributed by atoms with Crippen molar-refractivity contribution in [2.24, 2.45) is 10.5 Å². The van der Waals surface area contributed by atoms with Crippen LogP contribution in [0.2, 0.25) is 0 Å². The number of nitrogens with zero attached hydrogens (tertiary/aromatic N) is 6. The number of ether oxygens (including phenoxy) is 17. The van der Waals surface area contributed by atoms with Crippen LogP contribution in [0.15, 0.2) is 351 Å². The summed E-state index contributed by atoms with van der Waals surface area (Å²) in [6, 6.07) is 95.5. The van der Waals surface area contributed by atoms with Crippen molar-refractivity contribution in [3.63, 3.8) is 0 Å². The smallest absolute Gasteiger partial charge is 0.311 e. The van der Waals surface area contributed by atoms with Crippen LogP contribution in [-0.4, -0.2) is 205 Å². The Hall–Kier alpha value is -13.8. The van der Waals surface area contributed by atoms with Gasteiger partial charge in [0.2, 0.25) is 0 Å². The van der Waals surface area contributed by atoms with E-state index in [2.05, 4.69) is 10.0 Å². The average molecular weight is 1970 g/mol. The van der Waals surface area contributed by atoms with E-state index < -0.39 is 189 Å². The van der Waals surface area contributed by atoms with Gasteiger partial charge in [-0.05, 0) is 113 Å². The molecule has 30 nitrogen and oxygen atoms in total. The number of benzene rings is 12. The summed E-state index contributed by atoms with van der Waals surface area (Å²) in [7, 11) is 0. The summed E-state index contributed by atoms with van der Waals surface area (Å²) in [6.07, 6.45) is -25.8. The molecule has 0 unspecified atom stereocenters. The molecule has 0 radical (unpaired) electrons. The Morgan fingerprint density at radius 2 is 0.493 bits per heavy atom. The highest BCUT2D eigenvalue weighted by atomic mass is 16.8. The Bertz CT molecular complexity index is 6360. The number of esters is 1. The molecule has 12 aromatic carbocycles. The number of amides is 6. The Morgan fingerprint density at radius 3 is 0.774 bits per heavy atom. The molecule has 19 rings (SSSR count). The second kappa shape index (κ2) is 47.6. The Kier molecular flexibility index (Phi) is 32.9. The molecule has 4 saturated heterocycles. The van der Waals surface area contributed by atoms with Gasteiger partial charge in [0.25, 0.3) is 35.4 Å². The first-order valence-corrected chi connectivity index (χ1v) is 49.0. The largest absolute Gasteiger partial charge is 0.462 e. The molecule has 12 aromatic rings. The number of hydrogen-bond donors (Lipinski definition) is 0. The number of rotatable bonds is 42. The van der Waals surface area contributed by atoms with Gasteiger partial charge in [0.15, 0.2) is 25.2 Å². The quantitative estimate of drug-likeness (QED) is 0.0113. The van der Waals surface area contributed by atoms with Crippen LogP contribution in [0.25, 0.3) is 10.4 Å². The molecule has 6 amide bonds.